The van der Waals surface area contributed by atoms with Crippen molar-refractivity contribution in [2.24, 2.45) is 0 Å². The van der Waals surface area contributed by atoms with E-state index >= 15 is 0 Å². The number of hydrogen-bond acceptors (Lipinski definition) is 4. The molecule has 5 nitrogen and oxygen atoms in total. The summed E-state index contributed by atoms with van der Waals surface area (Å²) in [7, 11) is 0. The molecule has 3 N–H and O–H groups in total. The number of nitrogens with one attached hydrogen (secondary N) is 1. The maximum Gasteiger partial charge on any atom is 0.257 e. The number of anilines is 2. The van der Waals surface area contributed by atoms with Gasteiger partial charge in [0.15, 0.2) is 0 Å². The van der Waals surface area contributed by atoms with E-state index in [4.69, 9.17) is 5.73 Å². The second-order valence-electron chi connectivity index (χ2n) is 4.51. The van der Waals surface area contributed by atoms with Crippen LogP contribution in [0.3, 0.4) is 0 Å². The SMILES string of the molecule is Cc1cc(C(=O)Nc2ccc(N)cc2C)c(C)nn1. The summed E-state index contributed by atoms with van der Waals surface area (Å²) >= 11 is 0. The number of amides is 1. The first-order valence-corrected chi connectivity index (χ1v) is 5.96. The lowest BCUT2D eigenvalue weighted by atomic mass is 10.1. The number of aryl methyl sites for hydroxylation is 3. The molecule has 0 aliphatic rings. The van der Waals surface area contributed by atoms with E-state index in [0.29, 0.717) is 22.6 Å². The molecule has 0 atom stereocenters. The second-order valence-corrected chi connectivity index (χ2v) is 4.51. The third-order valence-electron chi connectivity index (χ3n) is 2.84. The molecule has 1 aromatic carbocycles. The highest BCUT2D eigenvalue weighted by molar-refractivity contribution is 6.05. The van der Waals surface area contributed by atoms with E-state index in [9.17, 15) is 4.79 Å². The van der Waals surface area contributed by atoms with E-state index in [1.165, 1.54) is 0 Å². The molecule has 0 bridgehead atoms. The lowest BCUT2D eigenvalue weighted by molar-refractivity contribution is 0.102. The summed E-state index contributed by atoms with van der Waals surface area (Å²) in [5.41, 5.74) is 9.87. The van der Waals surface area contributed by atoms with Gasteiger partial charge in [0.1, 0.15) is 0 Å². The summed E-state index contributed by atoms with van der Waals surface area (Å²) in [5, 5.41) is 10.7. The van der Waals surface area contributed by atoms with Crippen molar-refractivity contribution < 1.29 is 4.79 Å². The van der Waals surface area contributed by atoms with Gasteiger partial charge in [0.2, 0.25) is 0 Å². The molecule has 2 aromatic rings. The van der Waals surface area contributed by atoms with Gasteiger partial charge in [-0.3, -0.25) is 4.79 Å². The summed E-state index contributed by atoms with van der Waals surface area (Å²) in [5.74, 6) is -0.191. The van der Waals surface area contributed by atoms with Crippen LogP contribution in [0.4, 0.5) is 11.4 Å². The van der Waals surface area contributed by atoms with Crippen LogP contribution >= 0.6 is 0 Å². The highest BCUT2D eigenvalue weighted by Gasteiger charge is 2.12. The fourth-order valence-corrected chi connectivity index (χ4v) is 1.80. The zero-order valence-electron chi connectivity index (χ0n) is 11.2. The van der Waals surface area contributed by atoms with Gasteiger partial charge in [0, 0.05) is 11.4 Å². The molecule has 19 heavy (non-hydrogen) atoms. The van der Waals surface area contributed by atoms with Gasteiger partial charge < -0.3 is 11.1 Å². The van der Waals surface area contributed by atoms with Crippen molar-refractivity contribution in [3.8, 4) is 0 Å². The molecule has 0 spiro atoms. The summed E-state index contributed by atoms with van der Waals surface area (Å²) in [6.45, 7) is 5.46. The number of hydrogen-bond donors (Lipinski definition) is 2. The predicted molar refractivity (Wildman–Crippen MR) is 75.1 cm³/mol. The molecule has 0 unspecified atom stereocenters. The summed E-state index contributed by atoms with van der Waals surface area (Å²) in [6.07, 6.45) is 0. The second kappa shape index (κ2) is 5.06. The van der Waals surface area contributed by atoms with E-state index in [2.05, 4.69) is 15.5 Å². The maximum atomic E-state index is 12.2. The molecule has 0 aliphatic carbocycles. The van der Waals surface area contributed by atoms with Crippen molar-refractivity contribution in [3.05, 3.63) is 46.8 Å². The van der Waals surface area contributed by atoms with Crippen molar-refractivity contribution in [3.63, 3.8) is 0 Å². The Morgan fingerprint density at radius 3 is 2.58 bits per heavy atom. The van der Waals surface area contributed by atoms with Crippen LogP contribution < -0.4 is 11.1 Å². The van der Waals surface area contributed by atoms with Crippen LogP contribution in [0, 0.1) is 20.8 Å². The molecule has 1 heterocycles. The number of nitrogens with zero attached hydrogens (tertiary/aromatic N) is 2. The van der Waals surface area contributed by atoms with Crippen LogP contribution in [0.25, 0.3) is 0 Å². The number of nitrogen functional groups attached to an aromatic ring is 1. The van der Waals surface area contributed by atoms with Crippen molar-refractivity contribution in [1.82, 2.24) is 10.2 Å². The molecular formula is C14H16N4O. The number of aromatic nitrogens is 2. The van der Waals surface area contributed by atoms with Gasteiger partial charge in [-0.05, 0) is 50.6 Å². The molecule has 1 amide bonds. The van der Waals surface area contributed by atoms with Crippen molar-refractivity contribution in [2.45, 2.75) is 20.8 Å². The Kier molecular flexibility index (Phi) is 3.46. The van der Waals surface area contributed by atoms with Crippen LogP contribution in [0.1, 0.15) is 27.3 Å². The molecule has 98 valence electrons. The third kappa shape index (κ3) is 2.88. The fraction of sp³-hybridized carbons (Fsp3) is 0.214. The first-order chi connectivity index (χ1) is 8.97. The Labute approximate surface area is 111 Å². The molecule has 1 aromatic heterocycles. The van der Waals surface area contributed by atoms with E-state index in [1.807, 2.05) is 13.0 Å². The summed E-state index contributed by atoms with van der Waals surface area (Å²) in [4.78, 5) is 12.2. The minimum absolute atomic E-state index is 0.191. The Hall–Kier alpha value is -2.43. The zero-order valence-corrected chi connectivity index (χ0v) is 11.2. The van der Waals surface area contributed by atoms with Gasteiger partial charge in [-0.2, -0.15) is 10.2 Å². The van der Waals surface area contributed by atoms with Gasteiger partial charge in [0.25, 0.3) is 5.91 Å². The van der Waals surface area contributed by atoms with Gasteiger partial charge in [0.05, 0.1) is 17.0 Å². The number of benzene rings is 1. The van der Waals surface area contributed by atoms with Crippen LogP contribution in [0.2, 0.25) is 0 Å². The Balaban J connectivity index is 2.28. The van der Waals surface area contributed by atoms with Crippen molar-refractivity contribution in [1.29, 1.82) is 0 Å². The van der Waals surface area contributed by atoms with Gasteiger partial charge >= 0.3 is 0 Å². The monoisotopic (exact) mass is 256 g/mol. The van der Waals surface area contributed by atoms with Crippen LogP contribution in [-0.4, -0.2) is 16.1 Å². The standard InChI is InChI=1S/C14H16N4O/c1-8-6-11(15)4-5-13(8)16-14(19)12-7-9(2)17-18-10(12)3/h4-7H,15H2,1-3H3,(H,16,19). The molecule has 0 saturated carbocycles. The summed E-state index contributed by atoms with van der Waals surface area (Å²) < 4.78 is 0. The molecule has 2 rings (SSSR count). The molecule has 0 aliphatic heterocycles. The lowest BCUT2D eigenvalue weighted by Crippen LogP contribution is -2.15. The smallest absolute Gasteiger partial charge is 0.257 e. The number of nitrogens with two attached hydrogens (primary N) is 1. The molecule has 5 heteroatoms. The number of rotatable bonds is 2. The Bertz CT molecular complexity index is 637. The first-order valence-electron chi connectivity index (χ1n) is 5.96. The highest BCUT2D eigenvalue weighted by atomic mass is 16.1. The van der Waals surface area contributed by atoms with Gasteiger partial charge in [-0.15, -0.1) is 0 Å². The molecule has 0 fully saturated rings. The van der Waals surface area contributed by atoms with E-state index in [-0.39, 0.29) is 5.91 Å². The maximum absolute atomic E-state index is 12.2. The van der Waals surface area contributed by atoms with E-state index in [0.717, 1.165) is 11.3 Å². The molecule has 0 saturated heterocycles. The average molecular weight is 256 g/mol. The number of carbonyl (C=O) groups is 1. The van der Waals surface area contributed by atoms with E-state index in [1.54, 1.807) is 32.0 Å². The van der Waals surface area contributed by atoms with Crippen LogP contribution in [-0.2, 0) is 0 Å². The highest BCUT2D eigenvalue weighted by Crippen LogP contribution is 2.19. The normalized spacial score (nSPS) is 10.3. The van der Waals surface area contributed by atoms with Crippen molar-refractivity contribution in [2.75, 3.05) is 11.1 Å². The minimum Gasteiger partial charge on any atom is -0.399 e. The quantitative estimate of drug-likeness (QED) is 0.807. The predicted octanol–water partition coefficient (Wildman–Crippen LogP) is 2.24. The van der Waals surface area contributed by atoms with Crippen LogP contribution in [0.5, 0.6) is 0 Å². The average Bonchev–Trinajstić information content (AvgIpc) is 2.35. The zero-order chi connectivity index (χ0) is 14.0. The molecular weight excluding hydrogens is 240 g/mol. The Morgan fingerprint density at radius 2 is 1.89 bits per heavy atom. The third-order valence-corrected chi connectivity index (χ3v) is 2.84. The van der Waals surface area contributed by atoms with Gasteiger partial charge in [-0.25, -0.2) is 0 Å². The first kappa shape index (κ1) is 13.0. The largest absolute Gasteiger partial charge is 0.399 e. The van der Waals surface area contributed by atoms with Gasteiger partial charge in [-0.1, -0.05) is 0 Å². The minimum atomic E-state index is -0.191. The summed E-state index contributed by atoms with van der Waals surface area (Å²) in [6, 6.07) is 7.09. The lowest BCUT2D eigenvalue weighted by Gasteiger charge is -2.10. The molecule has 0 radical (unpaired) electrons. The fourth-order valence-electron chi connectivity index (χ4n) is 1.80. The van der Waals surface area contributed by atoms with Crippen LogP contribution in [0.15, 0.2) is 24.3 Å². The topological polar surface area (TPSA) is 80.9 Å². The van der Waals surface area contributed by atoms with Crippen molar-refractivity contribution >= 4 is 17.3 Å². The van der Waals surface area contributed by atoms with E-state index < -0.39 is 0 Å². The Morgan fingerprint density at radius 1 is 1.16 bits per heavy atom. The number of carbonyl (C=O) groups excluding carboxylic acids is 1.